The number of nitrogens with one attached hydrogen (secondary N) is 1. The summed E-state index contributed by atoms with van der Waals surface area (Å²) in [6, 6.07) is 7.79. The van der Waals surface area contributed by atoms with Gasteiger partial charge in [0.2, 0.25) is 5.91 Å². The van der Waals surface area contributed by atoms with Gasteiger partial charge in [-0.2, -0.15) is 0 Å². The summed E-state index contributed by atoms with van der Waals surface area (Å²) in [6.45, 7) is 3.44. The van der Waals surface area contributed by atoms with Crippen molar-refractivity contribution in [3.05, 3.63) is 34.9 Å². The Kier molecular flexibility index (Phi) is 3.50. The third-order valence-corrected chi connectivity index (χ3v) is 4.85. The number of carbonyl (C=O) groups is 1. The summed E-state index contributed by atoms with van der Waals surface area (Å²) in [5.74, 6) is 0.328. The number of piperidine rings is 1. The number of halogens is 1. The molecule has 1 amide bonds. The first-order valence-corrected chi connectivity index (χ1v) is 7.33. The molecule has 0 unspecified atom stereocenters. The Hall–Kier alpha value is -1.06. The minimum absolute atomic E-state index is 0.0908. The van der Waals surface area contributed by atoms with Crippen molar-refractivity contribution >= 4 is 17.5 Å². The van der Waals surface area contributed by atoms with E-state index < -0.39 is 0 Å². The molecule has 0 bridgehead atoms. The van der Waals surface area contributed by atoms with Gasteiger partial charge in [0.15, 0.2) is 0 Å². The number of amides is 1. The number of hydrogen-bond donors (Lipinski definition) is 1. The van der Waals surface area contributed by atoms with E-state index in [9.17, 15) is 4.79 Å². The highest BCUT2D eigenvalue weighted by Crippen LogP contribution is 2.40. The molecule has 1 aromatic rings. The lowest BCUT2D eigenvalue weighted by molar-refractivity contribution is -0.137. The molecule has 2 saturated heterocycles. The molecule has 102 valence electrons. The van der Waals surface area contributed by atoms with Crippen LogP contribution in [0.3, 0.4) is 0 Å². The molecule has 0 atom stereocenters. The summed E-state index contributed by atoms with van der Waals surface area (Å²) in [5, 5.41) is 4.09. The number of benzene rings is 1. The van der Waals surface area contributed by atoms with Gasteiger partial charge < -0.3 is 10.2 Å². The van der Waals surface area contributed by atoms with Gasteiger partial charge in [0.25, 0.3) is 0 Å². The summed E-state index contributed by atoms with van der Waals surface area (Å²) >= 11 is 6.18. The molecule has 4 heteroatoms. The van der Waals surface area contributed by atoms with Crippen molar-refractivity contribution in [2.75, 3.05) is 19.6 Å². The van der Waals surface area contributed by atoms with Crippen LogP contribution in [0.1, 0.15) is 24.8 Å². The van der Waals surface area contributed by atoms with E-state index in [-0.39, 0.29) is 5.41 Å². The molecule has 3 nitrogen and oxygen atoms in total. The molecule has 1 N–H and O–H groups in total. The van der Waals surface area contributed by atoms with Crippen LogP contribution in [0, 0.1) is 5.41 Å². The van der Waals surface area contributed by atoms with Crippen LogP contribution >= 0.6 is 11.6 Å². The van der Waals surface area contributed by atoms with Gasteiger partial charge in [0, 0.05) is 18.1 Å². The second kappa shape index (κ2) is 5.14. The molecule has 1 spiro atoms. The van der Waals surface area contributed by atoms with E-state index in [1.165, 1.54) is 0 Å². The minimum atomic E-state index is -0.0908. The highest BCUT2D eigenvalue weighted by atomic mass is 35.5. The Morgan fingerprint density at radius 1 is 1.21 bits per heavy atom. The lowest BCUT2D eigenvalue weighted by Gasteiger charge is -2.32. The maximum atomic E-state index is 12.7. The quantitative estimate of drug-likeness (QED) is 0.901. The summed E-state index contributed by atoms with van der Waals surface area (Å²) in [5.41, 5.74) is 0.954. The van der Waals surface area contributed by atoms with Crippen molar-refractivity contribution in [2.24, 2.45) is 5.41 Å². The van der Waals surface area contributed by atoms with Gasteiger partial charge in [-0.1, -0.05) is 29.8 Å². The van der Waals surface area contributed by atoms with Crippen LogP contribution in [-0.2, 0) is 11.3 Å². The minimum Gasteiger partial charge on any atom is -0.338 e. The maximum absolute atomic E-state index is 12.7. The van der Waals surface area contributed by atoms with Gasteiger partial charge in [0.05, 0.1) is 5.41 Å². The van der Waals surface area contributed by atoms with Gasteiger partial charge in [-0.15, -0.1) is 0 Å². The molecular weight excluding hydrogens is 260 g/mol. The molecule has 1 aromatic carbocycles. The third kappa shape index (κ3) is 2.37. The van der Waals surface area contributed by atoms with Gasteiger partial charge >= 0.3 is 0 Å². The van der Waals surface area contributed by atoms with Gasteiger partial charge in [-0.05, 0) is 44.0 Å². The SMILES string of the molecule is O=C1N(Cc2ccccc2Cl)CCC12CCNCC2. The summed E-state index contributed by atoms with van der Waals surface area (Å²) in [4.78, 5) is 14.6. The molecule has 19 heavy (non-hydrogen) atoms. The van der Waals surface area contributed by atoms with Crippen LogP contribution in [0.2, 0.25) is 5.02 Å². The molecule has 2 aliphatic heterocycles. The van der Waals surface area contributed by atoms with E-state index in [2.05, 4.69) is 5.32 Å². The topological polar surface area (TPSA) is 32.3 Å². The molecule has 2 fully saturated rings. The van der Waals surface area contributed by atoms with E-state index >= 15 is 0 Å². The average molecular weight is 279 g/mol. The highest BCUT2D eigenvalue weighted by Gasteiger charge is 2.46. The van der Waals surface area contributed by atoms with Crippen LogP contribution in [0.5, 0.6) is 0 Å². The fourth-order valence-electron chi connectivity index (χ4n) is 3.25. The maximum Gasteiger partial charge on any atom is 0.229 e. The molecule has 2 heterocycles. The zero-order valence-electron chi connectivity index (χ0n) is 11.0. The Morgan fingerprint density at radius 2 is 1.95 bits per heavy atom. The number of carbonyl (C=O) groups excluding carboxylic acids is 1. The highest BCUT2D eigenvalue weighted by molar-refractivity contribution is 6.31. The predicted octanol–water partition coefficient (Wildman–Crippen LogP) is 2.44. The number of hydrogen-bond acceptors (Lipinski definition) is 2. The van der Waals surface area contributed by atoms with Crippen molar-refractivity contribution in [3.8, 4) is 0 Å². The van der Waals surface area contributed by atoms with Crippen molar-refractivity contribution in [1.82, 2.24) is 10.2 Å². The molecule has 0 radical (unpaired) electrons. The second-order valence-corrected chi connectivity index (χ2v) is 6.01. The lowest BCUT2D eigenvalue weighted by Crippen LogP contribution is -2.42. The zero-order chi connectivity index (χ0) is 13.3. The number of rotatable bonds is 2. The number of nitrogens with zero attached hydrogens (tertiary/aromatic N) is 1. The first kappa shape index (κ1) is 12.9. The first-order valence-electron chi connectivity index (χ1n) is 6.95. The summed E-state index contributed by atoms with van der Waals surface area (Å²) < 4.78 is 0. The molecular formula is C15H19ClN2O. The first-order chi connectivity index (χ1) is 9.21. The monoisotopic (exact) mass is 278 g/mol. The zero-order valence-corrected chi connectivity index (χ0v) is 11.7. The van der Waals surface area contributed by atoms with Crippen LogP contribution in [0.15, 0.2) is 24.3 Å². The second-order valence-electron chi connectivity index (χ2n) is 5.60. The molecule has 3 rings (SSSR count). The molecule has 0 aliphatic carbocycles. The smallest absolute Gasteiger partial charge is 0.229 e. The van der Waals surface area contributed by atoms with Gasteiger partial charge in [-0.3, -0.25) is 4.79 Å². The Morgan fingerprint density at radius 3 is 2.68 bits per heavy atom. The van der Waals surface area contributed by atoms with Crippen molar-refractivity contribution in [3.63, 3.8) is 0 Å². The van der Waals surface area contributed by atoms with Crippen LogP contribution in [0.25, 0.3) is 0 Å². The molecule has 2 aliphatic rings. The fourth-order valence-corrected chi connectivity index (χ4v) is 3.44. The van der Waals surface area contributed by atoms with Gasteiger partial charge in [0.1, 0.15) is 0 Å². The lowest BCUT2D eigenvalue weighted by atomic mass is 9.78. The van der Waals surface area contributed by atoms with Crippen molar-refractivity contribution in [1.29, 1.82) is 0 Å². The molecule has 0 aromatic heterocycles. The van der Waals surface area contributed by atoms with E-state index in [1.807, 2.05) is 29.2 Å². The van der Waals surface area contributed by atoms with Crippen LogP contribution in [0.4, 0.5) is 0 Å². The summed E-state index contributed by atoms with van der Waals surface area (Å²) in [7, 11) is 0. The Balaban J connectivity index is 1.74. The van der Waals surface area contributed by atoms with Crippen LogP contribution in [-0.4, -0.2) is 30.4 Å². The Bertz CT molecular complexity index is 483. The Labute approximate surface area is 118 Å². The van der Waals surface area contributed by atoms with E-state index in [1.54, 1.807) is 0 Å². The van der Waals surface area contributed by atoms with Crippen LogP contribution < -0.4 is 5.32 Å². The third-order valence-electron chi connectivity index (χ3n) is 4.48. The number of likely N-dealkylation sites (tertiary alicyclic amines) is 1. The standard InChI is InChI=1S/C15H19ClN2O/c16-13-4-2-1-3-12(13)11-18-10-7-15(14(18)19)5-8-17-9-6-15/h1-4,17H,5-11H2. The largest absolute Gasteiger partial charge is 0.338 e. The van der Waals surface area contributed by atoms with E-state index in [0.717, 1.165) is 49.5 Å². The van der Waals surface area contributed by atoms with Gasteiger partial charge in [-0.25, -0.2) is 0 Å². The van der Waals surface area contributed by atoms with Crippen molar-refractivity contribution < 1.29 is 4.79 Å². The predicted molar refractivity (Wildman–Crippen MR) is 76.0 cm³/mol. The fraction of sp³-hybridized carbons (Fsp3) is 0.533. The average Bonchev–Trinajstić information content (AvgIpc) is 2.72. The van der Waals surface area contributed by atoms with E-state index in [0.29, 0.717) is 12.5 Å². The molecule has 0 saturated carbocycles. The van der Waals surface area contributed by atoms with Crippen molar-refractivity contribution in [2.45, 2.75) is 25.8 Å². The normalized spacial score (nSPS) is 22.2. The summed E-state index contributed by atoms with van der Waals surface area (Å²) in [6.07, 6.45) is 2.95. The van der Waals surface area contributed by atoms with E-state index in [4.69, 9.17) is 11.6 Å².